The second-order valence-electron chi connectivity index (χ2n) is 6.54. The smallest absolute Gasteiger partial charge is 0.249 e. The first kappa shape index (κ1) is 18.5. The van der Waals surface area contributed by atoms with Crippen molar-refractivity contribution in [1.82, 2.24) is 10.6 Å². The second kappa shape index (κ2) is 7.79. The number of rotatable bonds is 7. The normalized spacial score (nSPS) is 18.9. The molecule has 0 bridgehead atoms. The first-order valence-electron chi connectivity index (χ1n) is 8.37. The highest BCUT2D eigenvalue weighted by molar-refractivity contribution is 7.11. The minimum atomic E-state index is -0.390. The van der Waals surface area contributed by atoms with Gasteiger partial charge in [0.05, 0.1) is 4.88 Å². The van der Waals surface area contributed by atoms with Gasteiger partial charge < -0.3 is 5.32 Å². The third-order valence-corrected chi connectivity index (χ3v) is 5.43. The van der Waals surface area contributed by atoms with Crippen molar-refractivity contribution in [2.75, 3.05) is 0 Å². The number of thiophene rings is 1. The van der Waals surface area contributed by atoms with E-state index in [1.807, 2.05) is 0 Å². The molecule has 0 aromatic carbocycles. The molecular weight excluding hydrogens is 320 g/mol. The van der Waals surface area contributed by atoms with Crippen molar-refractivity contribution >= 4 is 28.8 Å². The van der Waals surface area contributed by atoms with Crippen LogP contribution in [0.1, 0.15) is 62.0 Å². The second-order valence-corrected chi connectivity index (χ2v) is 7.42. The van der Waals surface area contributed by atoms with Gasteiger partial charge in [-0.2, -0.15) is 0 Å². The number of amides is 2. The standard InChI is InChI=1S/C19H26N2O2S/c1-6-14-15(12(4)9-11(2)3)10-24-18(14)13(5)20-16-7-8-17(22)21-19(16)23/h10,12,16,20H,2,5-9H2,1,3-4H3,(H,21,22,23). The summed E-state index contributed by atoms with van der Waals surface area (Å²) >= 11 is 1.66. The fourth-order valence-corrected chi connectivity index (χ4v) is 4.39. The molecule has 0 aliphatic carbocycles. The number of hydrogen-bond acceptors (Lipinski definition) is 4. The van der Waals surface area contributed by atoms with Gasteiger partial charge in [-0.3, -0.25) is 14.9 Å². The van der Waals surface area contributed by atoms with Gasteiger partial charge >= 0.3 is 0 Å². The van der Waals surface area contributed by atoms with Crippen LogP contribution in [0, 0.1) is 0 Å². The highest BCUT2D eigenvalue weighted by Crippen LogP contribution is 2.35. The Bertz CT molecular complexity index is 675. The maximum atomic E-state index is 11.9. The molecule has 0 radical (unpaired) electrons. The SMILES string of the molecule is C=C(C)CC(C)c1csc(C(=C)NC2CCC(=O)NC2=O)c1CC. The Labute approximate surface area is 148 Å². The molecule has 1 aromatic rings. The van der Waals surface area contributed by atoms with Crippen LogP contribution in [0.3, 0.4) is 0 Å². The van der Waals surface area contributed by atoms with Crippen molar-refractivity contribution in [3.05, 3.63) is 40.1 Å². The van der Waals surface area contributed by atoms with Crippen molar-refractivity contribution in [1.29, 1.82) is 0 Å². The van der Waals surface area contributed by atoms with Crippen LogP contribution in [0.15, 0.2) is 24.1 Å². The number of allylic oxidation sites excluding steroid dienone is 1. The van der Waals surface area contributed by atoms with Crippen LogP contribution in [-0.4, -0.2) is 17.9 Å². The van der Waals surface area contributed by atoms with Crippen molar-refractivity contribution in [2.45, 2.75) is 58.4 Å². The van der Waals surface area contributed by atoms with E-state index in [9.17, 15) is 9.59 Å². The van der Waals surface area contributed by atoms with Gasteiger partial charge in [0.1, 0.15) is 6.04 Å². The molecule has 1 aliphatic rings. The summed E-state index contributed by atoms with van der Waals surface area (Å²) in [4.78, 5) is 24.3. The lowest BCUT2D eigenvalue weighted by Gasteiger charge is -2.24. The molecule has 2 unspecified atom stereocenters. The number of piperidine rings is 1. The molecule has 2 heterocycles. The minimum Gasteiger partial charge on any atom is -0.373 e. The lowest BCUT2D eigenvalue weighted by atomic mass is 9.92. The van der Waals surface area contributed by atoms with Gasteiger partial charge in [0, 0.05) is 12.1 Å². The third kappa shape index (κ3) is 4.15. The van der Waals surface area contributed by atoms with E-state index in [4.69, 9.17) is 0 Å². The summed E-state index contributed by atoms with van der Waals surface area (Å²) in [7, 11) is 0. The van der Waals surface area contributed by atoms with Crippen molar-refractivity contribution in [3.8, 4) is 0 Å². The molecular formula is C19H26N2O2S. The van der Waals surface area contributed by atoms with E-state index < -0.39 is 6.04 Å². The number of hydrogen-bond donors (Lipinski definition) is 2. The van der Waals surface area contributed by atoms with Crippen molar-refractivity contribution in [2.24, 2.45) is 0 Å². The Morgan fingerprint density at radius 1 is 1.46 bits per heavy atom. The highest BCUT2D eigenvalue weighted by atomic mass is 32.1. The molecule has 1 saturated heterocycles. The fraction of sp³-hybridized carbons (Fsp3) is 0.474. The zero-order chi connectivity index (χ0) is 17.9. The van der Waals surface area contributed by atoms with Crippen LogP contribution >= 0.6 is 11.3 Å². The Morgan fingerprint density at radius 2 is 2.17 bits per heavy atom. The van der Waals surface area contributed by atoms with Gasteiger partial charge in [0.2, 0.25) is 11.8 Å². The molecule has 1 aromatic heterocycles. The third-order valence-electron chi connectivity index (χ3n) is 4.33. The van der Waals surface area contributed by atoms with Crippen LogP contribution in [0.25, 0.3) is 5.70 Å². The maximum Gasteiger partial charge on any atom is 0.249 e. The molecule has 1 aliphatic heterocycles. The lowest BCUT2D eigenvalue weighted by Crippen LogP contribution is -2.50. The fourth-order valence-electron chi connectivity index (χ4n) is 3.17. The molecule has 5 heteroatoms. The first-order chi connectivity index (χ1) is 11.3. The minimum absolute atomic E-state index is 0.204. The van der Waals surface area contributed by atoms with Crippen LogP contribution in [0.2, 0.25) is 0 Å². The molecule has 0 spiro atoms. The summed E-state index contributed by atoms with van der Waals surface area (Å²) in [6.07, 6.45) is 2.76. The molecule has 2 amide bonds. The molecule has 2 atom stereocenters. The van der Waals surface area contributed by atoms with Crippen molar-refractivity contribution in [3.63, 3.8) is 0 Å². The Morgan fingerprint density at radius 3 is 2.75 bits per heavy atom. The predicted molar refractivity (Wildman–Crippen MR) is 99.9 cm³/mol. The van der Waals surface area contributed by atoms with Gasteiger partial charge in [-0.15, -0.1) is 17.9 Å². The number of carbonyl (C=O) groups is 2. The van der Waals surface area contributed by atoms with Gasteiger partial charge in [0.25, 0.3) is 0 Å². The number of nitrogens with one attached hydrogen (secondary N) is 2. The summed E-state index contributed by atoms with van der Waals surface area (Å²) in [6, 6.07) is -0.390. The zero-order valence-electron chi connectivity index (χ0n) is 14.7. The summed E-state index contributed by atoms with van der Waals surface area (Å²) < 4.78 is 0. The Hall–Kier alpha value is -1.88. The summed E-state index contributed by atoms with van der Waals surface area (Å²) in [5, 5.41) is 7.77. The Balaban J connectivity index is 2.15. The van der Waals surface area contributed by atoms with Gasteiger partial charge in [0.15, 0.2) is 0 Å². The van der Waals surface area contributed by atoms with Crippen LogP contribution in [-0.2, 0) is 16.0 Å². The topological polar surface area (TPSA) is 58.2 Å². The molecule has 2 N–H and O–H groups in total. The summed E-state index contributed by atoms with van der Waals surface area (Å²) in [6.45, 7) is 14.6. The average Bonchev–Trinajstić information content (AvgIpc) is 2.93. The quantitative estimate of drug-likeness (QED) is 0.584. The first-order valence-corrected chi connectivity index (χ1v) is 9.25. The van der Waals surface area contributed by atoms with Gasteiger partial charge in [-0.25, -0.2) is 0 Å². The number of imide groups is 1. The maximum absolute atomic E-state index is 11.9. The largest absolute Gasteiger partial charge is 0.373 e. The van der Waals surface area contributed by atoms with E-state index in [1.54, 1.807) is 11.3 Å². The van der Waals surface area contributed by atoms with Crippen LogP contribution < -0.4 is 10.6 Å². The molecule has 130 valence electrons. The Kier molecular flexibility index (Phi) is 5.99. The van der Waals surface area contributed by atoms with E-state index in [0.29, 0.717) is 18.8 Å². The number of carbonyl (C=O) groups excluding carboxylic acids is 2. The van der Waals surface area contributed by atoms with Crippen LogP contribution in [0.5, 0.6) is 0 Å². The van der Waals surface area contributed by atoms with Gasteiger partial charge in [-0.05, 0) is 48.6 Å². The summed E-state index contributed by atoms with van der Waals surface area (Å²) in [5.41, 5.74) is 4.57. The average molecular weight is 346 g/mol. The molecule has 1 fully saturated rings. The molecule has 24 heavy (non-hydrogen) atoms. The summed E-state index contributed by atoms with van der Waals surface area (Å²) in [5.74, 6) is -0.0475. The molecule has 4 nitrogen and oxygen atoms in total. The van der Waals surface area contributed by atoms with Crippen molar-refractivity contribution < 1.29 is 9.59 Å². The van der Waals surface area contributed by atoms with Crippen LogP contribution in [0.4, 0.5) is 0 Å². The molecule has 2 rings (SSSR count). The van der Waals surface area contributed by atoms with Gasteiger partial charge in [-0.1, -0.05) is 26.0 Å². The van der Waals surface area contributed by atoms with E-state index in [-0.39, 0.29) is 11.8 Å². The monoisotopic (exact) mass is 346 g/mol. The van der Waals surface area contributed by atoms with E-state index in [1.165, 1.54) is 16.7 Å². The molecule has 0 saturated carbocycles. The van der Waals surface area contributed by atoms with E-state index in [2.05, 4.69) is 49.9 Å². The predicted octanol–water partition coefficient (Wildman–Crippen LogP) is 3.75. The lowest BCUT2D eigenvalue weighted by molar-refractivity contribution is -0.134. The highest BCUT2D eigenvalue weighted by Gasteiger charge is 2.27. The van der Waals surface area contributed by atoms with E-state index in [0.717, 1.165) is 23.4 Å². The zero-order valence-corrected chi connectivity index (χ0v) is 15.5. The van der Waals surface area contributed by atoms with E-state index >= 15 is 0 Å².